The van der Waals surface area contributed by atoms with Gasteiger partial charge in [-0.05, 0) is 23.8 Å². The van der Waals surface area contributed by atoms with Crippen LogP contribution in [0.1, 0.15) is 5.56 Å². The van der Waals surface area contributed by atoms with Gasteiger partial charge in [0.1, 0.15) is 91.6 Å². The number of esters is 1. The summed E-state index contributed by atoms with van der Waals surface area (Å²) in [5.41, 5.74) is 0.212. The van der Waals surface area contributed by atoms with Crippen LogP contribution >= 0.6 is 0 Å². The van der Waals surface area contributed by atoms with Crippen LogP contribution in [0.5, 0.6) is 11.5 Å². The van der Waals surface area contributed by atoms with Crippen LogP contribution in [0.4, 0.5) is 0 Å². The number of hydrogen-bond donors (Lipinski definition) is 15. The lowest BCUT2D eigenvalue weighted by atomic mass is 9.96. The normalized spacial score (nSPS) is 44.2. The highest BCUT2D eigenvalue weighted by molar-refractivity contribution is 5.87. The third-order valence-corrected chi connectivity index (χ3v) is 9.81. The fourth-order valence-electron chi connectivity index (χ4n) is 6.46. The van der Waals surface area contributed by atoms with Crippen molar-refractivity contribution in [1.29, 1.82) is 0 Å². The summed E-state index contributed by atoms with van der Waals surface area (Å²) in [4.78, 5) is 13.0. The predicted molar refractivity (Wildman–Crippen MR) is 177 cm³/mol. The van der Waals surface area contributed by atoms with E-state index in [0.717, 1.165) is 24.3 Å². The second-order valence-corrected chi connectivity index (χ2v) is 13.7. The molecule has 4 fully saturated rings. The number of carbonyl (C=O) groups is 1. The highest BCUT2D eigenvalue weighted by atomic mass is 16.8. The number of ether oxygens (including phenoxy) is 8. The van der Waals surface area contributed by atoms with E-state index >= 15 is 0 Å². The molecular weight excluding hydrogens is 780 g/mol. The van der Waals surface area contributed by atoms with Crippen molar-refractivity contribution in [1.82, 2.24) is 0 Å². The number of aromatic hydroxyl groups is 2. The molecule has 5 rings (SSSR count). The molecule has 0 aliphatic carbocycles. The zero-order valence-corrected chi connectivity index (χ0v) is 29.6. The first-order valence-electron chi connectivity index (χ1n) is 17.6. The van der Waals surface area contributed by atoms with E-state index in [1.54, 1.807) is 0 Å². The molecule has 1 aromatic carbocycles. The van der Waals surface area contributed by atoms with Gasteiger partial charge in [-0.25, -0.2) is 4.79 Å². The number of aliphatic hydroxyl groups excluding tert-OH is 13. The largest absolute Gasteiger partial charge is 0.504 e. The summed E-state index contributed by atoms with van der Waals surface area (Å²) in [5.74, 6) is -2.14. The molecule has 0 amide bonds. The van der Waals surface area contributed by atoms with Crippen LogP contribution in [0.25, 0.3) is 6.08 Å². The van der Waals surface area contributed by atoms with E-state index < -0.39 is 167 Å². The van der Waals surface area contributed by atoms with Crippen molar-refractivity contribution < 1.29 is 119 Å². The maximum atomic E-state index is 13.0. The number of phenolic OH excluding ortho intramolecular Hbond substituents is 2. The van der Waals surface area contributed by atoms with Gasteiger partial charge >= 0.3 is 5.97 Å². The predicted octanol–water partition coefficient (Wildman–Crippen LogP) is -8.07. The number of carbonyl (C=O) groups excluding carboxylic acids is 1. The molecule has 0 saturated carbocycles. The number of aliphatic hydroxyl groups is 13. The Labute approximate surface area is 322 Å². The zero-order chi connectivity index (χ0) is 41.9. The lowest BCUT2D eigenvalue weighted by Gasteiger charge is -2.48. The van der Waals surface area contributed by atoms with Crippen LogP contribution in [-0.2, 0) is 42.7 Å². The zero-order valence-electron chi connectivity index (χ0n) is 29.6. The number of hydrogen-bond acceptors (Lipinski definition) is 24. The standard InChI is InChI=1S/C33H48O24/c34-6-13-18(40)21(43)25(47)30(51-13)50-9-16-20(42)23(45)29(33(54-16)55-17(39)4-2-10-1-3-11(37)12(38)5-10)57-32-27(49)24(46)28(15(8-36)53-32)56-31-26(48)22(44)19(41)14(7-35)52-31/h1-5,13-16,18-38,40-49H,6-9H2/b4-2+/t13-,14-,15+,16+,18-,19-,20+,21+,22+,23-,24+,25-,26-,27+,28+,29+,30-,31+,32-,33-/m0/s1. The van der Waals surface area contributed by atoms with E-state index in [4.69, 9.17) is 37.9 Å². The monoisotopic (exact) mass is 828 g/mol. The van der Waals surface area contributed by atoms with Crippen LogP contribution in [0.2, 0.25) is 0 Å². The van der Waals surface area contributed by atoms with E-state index in [1.807, 2.05) is 0 Å². The fourth-order valence-corrected chi connectivity index (χ4v) is 6.46. The molecule has 24 heteroatoms. The first-order chi connectivity index (χ1) is 27.0. The van der Waals surface area contributed by atoms with Crippen LogP contribution in [-0.4, -0.2) is 232 Å². The number of rotatable bonds is 13. The van der Waals surface area contributed by atoms with E-state index in [9.17, 15) is 81.4 Å². The Morgan fingerprint density at radius 1 is 0.544 bits per heavy atom. The van der Waals surface area contributed by atoms with Crippen molar-refractivity contribution in [3.8, 4) is 11.5 Å². The van der Waals surface area contributed by atoms with Gasteiger partial charge in [0.2, 0.25) is 6.29 Å². The van der Waals surface area contributed by atoms with Crippen molar-refractivity contribution in [3.05, 3.63) is 29.8 Å². The molecule has 4 heterocycles. The van der Waals surface area contributed by atoms with Crippen molar-refractivity contribution in [2.75, 3.05) is 26.4 Å². The fraction of sp³-hybridized carbons (Fsp3) is 0.727. The molecule has 0 aromatic heterocycles. The average molecular weight is 829 g/mol. The molecule has 20 atom stereocenters. The Hall–Kier alpha value is -2.77. The summed E-state index contributed by atoms with van der Waals surface area (Å²) < 4.78 is 43.9. The van der Waals surface area contributed by atoms with Gasteiger partial charge in [-0.1, -0.05) is 6.07 Å². The summed E-state index contributed by atoms with van der Waals surface area (Å²) in [7, 11) is 0. The molecule has 24 nitrogen and oxygen atoms in total. The Kier molecular flexibility index (Phi) is 15.5. The second-order valence-electron chi connectivity index (χ2n) is 13.7. The minimum atomic E-state index is -2.14. The van der Waals surface area contributed by atoms with Gasteiger partial charge in [0.15, 0.2) is 36.5 Å². The minimum Gasteiger partial charge on any atom is -0.504 e. The van der Waals surface area contributed by atoms with Gasteiger partial charge in [-0.15, -0.1) is 0 Å². The summed E-state index contributed by atoms with van der Waals surface area (Å²) in [5, 5.41) is 154. The van der Waals surface area contributed by atoms with E-state index in [-0.39, 0.29) is 5.56 Å². The van der Waals surface area contributed by atoms with E-state index in [0.29, 0.717) is 0 Å². The quantitative estimate of drug-likeness (QED) is 0.0499. The van der Waals surface area contributed by atoms with E-state index in [2.05, 4.69) is 0 Å². The topological polar surface area (TPSA) is 394 Å². The Bertz CT molecular complexity index is 1480. The van der Waals surface area contributed by atoms with Gasteiger partial charge in [0.25, 0.3) is 0 Å². The SMILES string of the molecule is O=C(/C=C/c1ccc(O)c(O)c1)O[C@@H]1O[C@H](CO[C@H]2O[C@@H](CO)[C@H](O)[C@@H](O)[C@@H]2O)[C@@H](O)[C@H](O)[C@H]1O[C@@H]1O[C@H](CO)[C@@H](O[C@H]2O[C@@H](CO)[C@H](O)[C@@H](O)[C@@H]2O)[C@H](O)[C@H]1O. The molecule has 15 N–H and O–H groups in total. The van der Waals surface area contributed by atoms with Crippen LogP contribution in [0.3, 0.4) is 0 Å². The summed E-state index contributed by atoms with van der Waals surface area (Å²) >= 11 is 0. The molecule has 1 aromatic rings. The average Bonchev–Trinajstić information content (AvgIpc) is 3.19. The van der Waals surface area contributed by atoms with Gasteiger partial charge in [-0.2, -0.15) is 0 Å². The number of phenols is 2. The van der Waals surface area contributed by atoms with Crippen LogP contribution < -0.4 is 0 Å². The highest BCUT2D eigenvalue weighted by Crippen LogP contribution is 2.34. The van der Waals surface area contributed by atoms with Crippen molar-refractivity contribution >= 4 is 12.0 Å². The molecular formula is C33H48O24. The third-order valence-electron chi connectivity index (χ3n) is 9.81. The molecule has 4 aliphatic heterocycles. The summed E-state index contributed by atoms with van der Waals surface area (Å²) in [6.45, 7) is -3.35. The summed E-state index contributed by atoms with van der Waals surface area (Å²) in [6.07, 6.45) is -34.7. The first-order valence-corrected chi connectivity index (χ1v) is 17.6. The molecule has 0 unspecified atom stereocenters. The Balaban J connectivity index is 1.33. The lowest BCUT2D eigenvalue weighted by molar-refractivity contribution is -0.383. The summed E-state index contributed by atoms with van der Waals surface area (Å²) in [6, 6.07) is 3.57. The van der Waals surface area contributed by atoms with Gasteiger partial charge in [0, 0.05) is 6.08 Å². The van der Waals surface area contributed by atoms with Gasteiger partial charge in [-0.3, -0.25) is 0 Å². The highest BCUT2D eigenvalue weighted by Gasteiger charge is 2.54. The van der Waals surface area contributed by atoms with E-state index in [1.165, 1.54) is 6.07 Å². The minimum absolute atomic E-state index is 0.212. The number of benzene rings is 1. The van der Waals surface area contributed by atoms with Gasteiger partial charge < -0.3 is 114 Å². The van der Waals surface area contributed by atoms with Crippen molar-refractivity contribution in [2.24, 2.45) is 0 Å². The molecule has 57 heavy (non-hydrogen) atoms. The first kappa shape index (κ1) is 45.3. The third kappa shape index (κ3) is 9.99. The molecule has 0 spiro atoms. The Morgan fingerprint density at radius 3 is 1.60 bits per heavy atom. The molecule has 4 saturated heterocycles. The smallest absolute Gasteiger partial charge is 0.333 e. The molecule has 4 aliphatic rings. The lowest BCUT2D eigenvalue weighted by Crippen LogP contribution is -2.67. The molecule has 0 radical (unpaired) electrons. The second kappa shape index (κ2) is 19.5. The van der Waals surface area contributed by atoms with Crippen LogP contribution in [0, 0.1) is 0 Å². The molecule has 0 bridgehead atoms. The van der Waals surface area contributed by atoms with Gasteiger partial charge in [0.05, 0.1) is 26.4 Å². The van der Waals surface area contributed by atoms with Crippen LogP contribution in [0.15, 0.2) is 24.3 Å². The molecule has 324 valence electrons. The van der Waals surface area contributed by atoms with Crippen molar-refractivity contribution in [3.63, 3.8) is 0 Å². The Morgan fingerprint density at radius 2 is 1.02 bits per heavy atom. The maximum Gasteiger partial charge on any atom is 0.333 e. The maximum absolute atomic E-state index is 13.0. The van der Waals surface area contributed by atoms with Crippen molar-refractivity contribution in [2.45, 2.75) is 123 Å².